The molecule has 4 heterocycles. The molecule has 2 amide bonds. The Kier molecular flexibility index (Phi) is 7.57. The number of esters is 1. The number of aliphatic hydroxyl groups is 1. The second kappa shape index (κ2) is 10.8. The van der Waals surface area contributed by atoms with E-state index in [4.69, 9.17) is 9.47 Å². The first-order chi connectivity index (χ1) is 18.8. The van der Waals surface area contributed by atoms with E-state index >= 15 is 0 Å². The minimum Gasteiger partial charge on any atom is -0.462 e. The lowest BCUT2D eigenvalue weighted by molar-refractivity contribution is -0.158. The van der Waals surface area contributed by atoms with Crippen molar-refractivity contribution in [1.29, 1.82) is 0 Å². The zero-order valence-corrected chi connectivity index (χ0v) is 23.2. The summed E-state index contributed by atoms with van der Waals surface area (Å²) in [6.45, 7) is 9.46. The second-order valence-corrected chi connectivity index (χ2v) is 10.9. The number of aliphatic hydroxyl groups excluding tert-OH is 1. The van der Waals surface area contributed by atoms with E-state index < -0.39 is 41.6 Å². The van der Waals surface area contributed by atoms with Crippen LogP contribution in [0.25, 0.3) is 0 Å². The van der Waals surface area contributed by atoms with Crippen molar-refractivity contribution in [2.75, 3.05) is 36.0 Å². The number of fused-ring (bicyclic) bond motifs is 2. The third-order valence-corrected chi connectivity index (χ3v) is 8.62. The third kappa shape index (κ3) is 4.45. The summed E-state index contributed by atoms with van der Waals surface area (Å²) in [5.74, 6) is -2.98. The highest BCUT2D eigenvalue weighted by Crippen LogP contribution is 2.54. The van der Waals surface area contributed by atoms with Gasteiger partial charge in [0.1, 0.15) is 17.6 Å². The highest BCUT2D eigenvalue weighted by Gasteiger charge is 2.72. The summed E-state index contributed by atoms with van der Waals surface area (Å²) in [6.07, 6.45) is 7.88. The fraction of sp³-hybridized carbons (Fsp3) is 0.567. The van der Waals surface area contributed by atoms with Crippen LogP contribution in [-0.4, -0.2) is 83.9 Å². The van der Waals surface area contributed by atoms with E-state index in [0.717, 1.165) is 25.2 Å². The molecule has 4 aliphatic rings. The summed E-state index contributed by atoms with van der Waals surface area (Å²) in [5, 5.41) is 10.1. The van der Waals surface area contributed by atoms with Crippen molar-refractivity contribution in [3.05, 3.63) is 48.6 Å². The number of cyclic esters (lactones) is 1. The topological polar surface area (TPSA) is 99.6 Å². The summed E-state index contributed by atoms with van der Waals surface area (Å²) in [5.41, 5.74) is 0.420. The first-order valence-electron chi connectivity index (χ1n) is 14.1. The van der Waals surface area contributed by atoms with Gasteiger partial charge in [-0.15, -0.1) is 0 Å². The number of ether oxygens (including phenoxy) is 2. The number of anilines is 2. The first-order valence-corrected chi connectivity index (χ1v) is 14.1. The third-order valence-electron chi connectivity index (χ3n) is 8.62. The largest absolute Gasteiger partial charge is 0.462 e. The molecule has 7 atom stereocenters. The number of benzene rings is 1. The lowest BCUT2D eigenvalue weighted by atomic mass is 9.78. The molecule has 2 saturated heterocycles. The molecule has 1 spiro atoms. The van der Waals surface area contributed by atoms with Crippen LogP contribution in [0.15, 0.2) is 48.6 Å². The van der Waals surface area contributed by atoms with Gasteiger partial charge >= 0.3 is 5.97 Å². The van der Waals surface area contributed by atoms with E-state index in [-0.39, 0.29) is 24.5 Å². The van der Waals surface area contributed by atoms with Crippen molar-refractivity contribution in [2.24, 2.45) is 11.8 Å². The molecule has 39 heavy (non-hydrogen) atoms. The number of carbonyl (C=O) groups is 3. The zero-order valence-electron chi connectivity index (χ0n) is 23.2. The predicted molar refractivity (Wildman–Crippen MR) is 147 cm³/mol. The first kappa shape index (κ1) is 27.4. The molecule has 5 rings (SSSR count). The van der Waals surface area contributed by atoms with E-state index in [1.54, 1.807) is 17.9 Å². The second-order valence-electron chi connectivity index (χ2n) is 10.9. The molecule has 0 aromatic heterocycles. The average Bonchev–Trinajstić information content (AvgIpc) is 3.34. The normalized spacial score (nSPS) is 33.8. The highest BCUT2D eigenvalue weighted by atomic mass is 16.6. The van der Waals surface area contributed by atoms with Crippen LogP contribution in [0, 0.1) is 11.8 Å². The summed E-state index contributed by atoms with van der Waals surface area (Å²) in [7, 11) is 0. The molecule has 0 saturated carbocycles. The van der Waals surface area contributed by atoms with E-state index in [9.17, 15) is 19.5 Å². The standard InChI is InChI=1S/C30H39N3O6/c1-5-31(6-2)21-12-14-22(15-13-21)32-17-9-16-30-25(27(35)33(19(3)18-34)26(30)28(32)36)24-23(39-30)11-8-7-10-20(4)38-29(24)37/h8-9,11-16,19-20,23-26,34H,5-7,10,17-18H2,1-4H3/b11-8-/t19?,20?,23-,24?,25+,26-,30?/m1/s1. The SMILES string of the molecule is CCN(CC)c1ccc(N2CC=CC34O[C@@H]5/C=C\CCC(C)OC(=O)C5[C@H]3C(=O)N(C(C)CO)[C@@H]4C2=O)cc1. The lowest BCUT2D eigenvalue weighted by Crippen LogP contribution is -2.57. The van der Waals surface area contributed by atoms with Crippen molar-refractivity contribution in [3.8, 4) is 0 Å². The molecule has 210 valence electrons. The monoisotopic (exact) mass is 537 g/mol. The van der Waals surface area contributed by atoms with Crippen molar-refractivity contribution in [1.82, 2.24) is 4.90 Å². The fourth-order valence-corrected chi connectivity index (χ4v) is 6.62. The average molecular weight is 538 g/mol. The van der Waals surface area contributed by atoms with Crippen LogP contribution in [0.3, 0.4) is 0 Å². The van der Waals surface area contributed by atoms with Crippen molar-refractivity contribution in [3.63, 3.8) is 0 Å². The molecular formula is C30H39N3O6. The van der Waals surface area contributed by atoms with Crippen LogP contribution < -0.4 is 9.80 Å². The van der Waals surface area contributed by atoms with Crippen LogP contribution >= 0.6 is 0 Å². The Labute approximate surface area is 230 Å². The maximum Gasteiger partial charge on any atom is 0.313 e. The molecular weight excluding hydrogens is 498 g/mol. The van der Waals surface area contributed by atoms with Crippen LogP contribution in [0.1, 0.15) is 40.5 Å². The molecule has 0 bridgehead atoms. The Balaban J connectivity index is 1.56. The van der Waals surface area contributed by atoms with Gasteiger partial charge in [0, 0.05) is 31.0 Å². The van der Waals surface area contributed by atoms with Crippen LogP contribution in [0.5, 0.6) is 0 Å². The molecule has 2 fully saturated rings. The van der Waals surface area contributed by atoms with Crippen LogP contribution in [0.4, 0.5) is 11.4 Å². The molecule has 1 aromatic rings. The fourth-order valence-electron chi connectivity index (χ4n) is 6.62. The summed E-state index contributed by atoms with van der Waals surface area (Å²) in [6, 6.07) is 6.15. The van der Waals surface area contributed by atoms with Crippen LogP contribution in [-0.2, 0) is 23.9 Å². The van der Waals surface area contributed by atoms with E-state index in [0.29, 0.717) is 18.7 Å². The smallest absolute Gasteiger partial charge is 0.313 e. The van der Waals surface area contributed by atoms with Crippen molar-refractivity contribution >= 4 is 29.2 Å². The number of allylic oxidation sites excluding steroid dienone is 1. The van der Waals surface area contributed by atoms with Gasteiger partial charge in [0.05, 0.1) is 30.8 Å². The number of rotatable bonds is 6. The number of nitrogens with zero attached hydrogens (tertiary/aromatic N) is 3. The molecule has 9 nitrogen and oxygen atoms in total. The number of carbonyl (C=O) groups excluding carboxylic acids is 3. The van der Waals surface area contributed by atoms with Gasteiger partial charge < -0.3 is 29.3 Å². The Morgan fingerprint density at radius 1 is 1.10 bits per heavy atom. The summed E-state index contributed by atoms with van der Waals surface area (Å²) >= 11 is 0. The van der Waals surface area contributed by atoms with Gasteiger partial charge in [0.25, 0.3) is 5.91 Å². The molecule has 0 aliphatic carbocycles. The molecule has 4 aliphatic heterocycles. The van der Waals surface area contributed by atoms with Gasteiger partial charge in [-0.25, -0.2) is 0 Å². The van der Waals surface area contributed by atoms with Crippen molar-refractivity contribution in [2.45, 2.75) is 70.4 Å². The predicted octanol–water partition coefficient (Wildman–Crippen LogP) is 2.68. The maximum atomic E-state index is 14.4. The summed E-state index contributed by atoms with van der Waals surface area (Å²) in [4.78, 5) is 47.2. The Bertz CT molecular complexity index is 1160. The number of hydrogen-bond acceptors (Lipinski definition) is 7. The van der Waals surface area contributed by atoms with Gasteiger partial charge in [-0.3, -0.25) is 14.4 Å². The quantitative estimate of drug-likeness (QED) is 0.440. The summed E-state index contributed by atoms with van der Waals surface area (Å²) < 4.78 is 12.3. The van der Waals surface area contributed by atoms with E-state index in [2.05, 4.69) is 18.7 Å². The molecule has 1 aromatic carbocycles. The number of amides is 2. The molecule has 1 N–H and O–H groups in total. The van der Waals surface area contributed by atoms with Crippen LogP contribution in [0.2, 0.25) is 0 Å². The highest BCUT2D eigenvalue weighted by molar-refractivity contribution is 6.05. The maximum absolute atomic E-state index is 14.4. The van der Waals surface area contributed by atoms with Gasteiger partial charge in [-0.05, 0) is 64.8 Å². The van der Waals surface area contributed by atoms with Gasteiger partial charge in [-0.1, -0.05) is 24.3 Å². The van der Waals surface area contributed by atoms with Gasteiger partial charge in [0.2, 0.25) is 5.91 Å². The molecule has 0 radical (unpaired) electrons. The molecule has 9 heteroatoms. The van der Waals surface area contributed by atoms with E-state index in [1.807, 2.05) is 49.4 Å². The number of hydrogen-bond donors (Lipinski definition) is 1. The number of likely N-dealkylation sites (tertiary alicyclic amines) is 1. The van der Waals surface area contributed by atoms with E-state index in [1.165, 1.54) is 4.90 Å². The van der Waals surface area contributed by atoms with Gasteiger partial charge in [-0.2, -0.15) is 0 Å². The van der Waals surface area contributed by atoms with Crippen molar-refractivity contribution < 1.29 is 29.0 Å². The molecule has 4 unspecified atom stereocenters. The van der Waals surface area contributed by atoms with Gasteiger partial charge in [0.15, 0.2) is 0 Å². The Hall–Kier alpha value is -3.17. The zero-order chi connectivity index (χ0) is 27.9. The minimum absolute atomic E-state index is 0.292. The Morgan fingerprint density at radius 3 is 2.49 bits per heavy atom. The lowest BCUT2D eigenvalue weighted by Gasteiger charge is -2.37. The Morgan fingerprint density at radius 2 is 1.82 bits per heavy atom. The minimum atomic E-state index is -1.35.